The molecule has 0 spiro atoms. The number of likely N-dealkylation sites (tertiary alicyclic amines) is 1. The summed E-state index contributed by atoms with van der Waals surface area (Å²) in [6.45, 7) is 4.40. The lowest BCUT2D eigenvalue weighted by Crippen LogP contribution is -2.30. The fraction of sp³-hybridized carbons (Fsp3) is 0.375. The van der Waals surface area contributed by atoms with E-state index < -0.39 is 28.0 Å². The molecule has 34 heavy (non-hydrogen) atoms. The van der Waals surface area contributed by atoms with Gasteiger partial charge in [-0.1, -0.05) is 18.2 Å². The number of anilines is 1. The highest BCUT2D eigenvalue weighted by Crippen LogP contribution is 2.22. The molecule has 0 unspecified atom stereocenters. The molecule has 2 amide bonds. The van der Waals surface area contributed by atoms with Crippen molar-refractivity contribution in [1.29, 1.82) is 0 Å². The summed E-state index contributed by atoms with van der Waals surface area (Å²) in [4.78, 5) is 38.7. The van der Waals surface area contributed by atoms with Gasteiger partial charge in [0.25, 0.3) is 5.91 Å². The summed E-state index contributed by atoms with van der Waals surface area (Å²) in [6.07, 6.45) is 0.320. The number of nitrogens with one attached hydrogen (secondary N) is 1. The first-order chi connectivity index (χ1) is 16.0. The zero-order chi connectivity index (χ0) is 25.0. The maximum absolute atomic E-state index is 12.6. The van der Waals surface area contributed by atoms with E-state index in [-0.39, 0.29) is 16.4 Å². The van der Waals surface area contributed by atoms with Crippen molar-refractivity contribution in [3.05, 3.63) is 59.2 Å². The molecule has 0 radical (unpaired) electrons. The van der Waals surface area contributed by atoms with E-state index in [0.29, 0.717) is 24.2 Å². The number of esters is 1. The number of ether oxygens (including phenoxy) is 1. The minimum atomic E-state index is -3.67. The first-order valence-electron chi connectivity index (χ1n) is 10.9. The maximum atomic E-state index is 12.6. The molecule has 2 aromatic carbocycles. The van der Waals surface area contributed by atoms with E-state index in [1.807, 2.05) is 0 Å². The Morgan fingerprint density at radius 3 is 2.41 bits per heavy atom. The summed E-state index contributed by atoms with van der Waals surface area (Å²) in [5.74, 6) is -1.12. The van der Waals surface area contributed by atoms with Crippen LogP contribution in [0.15, 0.2) is 47.4 Å². The molecule has 2 aromatic rings. The molecule has 0 aromatic heterocycles. The number of carbonyl (C=O) groups excluding carboxylic acids is 3. The van der Waals surface area contributed by atoms with Gasteiger partial charge in [-0.15, -0.1) is 0 Å². The summed E-state index contributed by atoms with van der Waals surface area (Å²) >= 11 is 0. The van der Waals surface area contributed by atoms with Crippen LogP contribution in [0, 0.1) is 6.92 Å². The summed E-state index contributed by atoms with van der Waals surface area (Å²) in [5, 5.41) is 2.64. The van der Waals surface area contributed by atoms with Crippen molar-refractivity contribution in [2.24, 2.45) is 0 Å². The van der Waals surface area contributed by atoms with E-state index in [9.17, 15) is 22.8 Å². The molecule has 0 bridgehead atoms. The van der Waals surface area contributed by atoms with Crippen LogP contribution in [0.1, 0.15) is 41.3 Å². The average molecular weight is 488 g/mol. The minimum absolute atomic E-state index is 0.0405. The van der Waals surface area contributed by atoms with Crippen LogP contribution in [0.4, 0.5) is 5.69 Å². The van der Waals surface area contributed by atoms with Crippen molar-refractivity contribution in [1.82, 2.24) is 9.21 Å². The predicted molar refractivity (Wildman–Crippen MR) is 127 cm³/mol. The Kier molecular flexibility index (Phi) is 7.73. The second kappa shape index (κ2) is 10.4. The molecular formula is C24H29N3O6S. The Bertz CT molecular complexity index is 1190. The van der Waals surface area contributed by atoms with Crippen LogP contribution in [0.2, 0.25) is 0 Å². The van der Waals surface area contributed by atoms with Gasteiger partial charge in [0.2, 0.25) is 15.9 Å². The first-order valence-corrected chi connectivity index (χ1v) is 12.3. The van der Waals surface area contributed by atoms with Crippen molar-refractivity contribution < 1.29 is 27.5 Å². The number of amides is 2. The monoisotopic (exact) mass is 487 g/mol. The minimum Gasteiger partial charge on any atom is -0.449 e. The van der Waals surface area contributed by atoms with Crippen molar-refractivity contribution >= 4 is 33.5 Å². The van der Waals surface area contributed by atoms with Crippen LogP contribution in [-0.2, 0) is 30.9 Å². The number of sulfonamides is 1. The van der Waals surface area contributed by atoms with Crippen LogP contribution in [0.5, 0.6) is 0 Å². The molecule has 1 heterocycles. The molecule has 1 N–H and O–H groups in total. The molecule has 1 aliphatic rings. The smallest absolute Gasteiger partial charge is 0.338 e. The van der Waals surface area contributed by atoms with Crippen LogP contribution in [0.3, 0.4) is 0 Å². The van der Waals surface area contributed by atoms with Crippen molar-refractivity contribution in [3.8, 4) is 0 Å². The molecule has 1 atom stereocenters. The molecule has 10 heteroatoms. The van der Waals surface area contributed by atoms with E-state index in [1.54, 1.807) is 42.2 Å². The molecule has 0 saturated carbocycles. The fourth-order valence-corrected chi connectivity index (χ4v) is 4.39. The molecule has 182 valence electrons. The first kappa shape index (κ1) is 25.4. The zero-order valence-corrected chi connectivity index (χ0v) is 20.5. The summed E-state index contributed by atoms with van der Waals surface area (Å²) in [6, 6.07) is 11.2. The third kappa shape index (κ3) is 5.81. The average Bonchev–Trinajstić information content (AvgIpc) is 3.19. The van der Waals surface area contributed by atoms with Crippen LogP contribution >= 0.6 is 0 Å². The number of hydrogen-bond acceptors (Lipinski definition) is 6. The van der Waals surface area contributed by atoms with Crippen molar-refractivity contribution in [3.63, 3.8) is 0 Å². The van der Waals surface area contributed by atoms with Crippen molar-refractivity contribution in [2.75, 3.05) is 26.0 Å². The topological polar surface area (TPSA) is 113 Å². The Morgan fingerprint density at radius 2 is 1.82 bits per heavy atom. The van der Waals surface area contributed by atoms with Crippen LogP contribution in [0.25, 0.3) is 0 Å². The molecule has 1 saturated heterocycles. The highest BCUT2D eigenvalue weighted by Gasteiger charge is 2.23. The summed E-state index contributed by atoms with van der Waals surface area (Å²) in [7, 11) is -0.819. The lowest BCUT2D eigenvalue weighted by atomic mass is 10.1. The van der Waals surface area contributed by atoms with Gasteiger partial charge < -0.3 is 15.0 Å². The predicted octanol–water partition coefficient (Wildman–Crippen LogP) is 2.55. The highest BCUT2D eigenvalue weighted by atomic mass is 32.2. The fourth-order valence-electron chi connectivity index (χ4n) is 3.46. The van der Waals surface area contributed by atoms with Gasteiger partial charge in [-0.05, 0) is 55.7 Å². The highest BCUT2D eigenvalue weighted by molar-refractivity contribution is 7.89. The van der Waals surface area contributed by atoms with E-state index in [4.69, 9.17) is 4.74 Å². The van der Waals surface area contributed by atoms with Gasteiger partial charge in [0.15, 0.2) is 6.10 Å². The molecule has 1 fully saturated rings. The number of nitrogens with zero attached hydrogens (tertiary/aromatic N) is 2. The van der Waals surface area contributed by atoms with Gasteiger partial charge in [0.1, 0.15) is 0 Å². The molecule has 3 rings (SSSR count). The molecular weight excluding hydrogens is 458 g/mol. The Hall–Kier alpha value is -3.24. The Labute approximate surface area is 199 Å². The molecule has 0 aliphatic carbocycles. The van der Waals surface area contributed by atoms with Crippen LogP contribution in [-0.4, -0.2) is 62.2 Å². The number of aryl methyl sites for hydroxylation is 1. The van der Waals surface area contributed by atoms with E-state index in [1.165, 1.54) is 33.2 Å². The Balaban J connectivity index is 1.62. The Morgan fingerprint density at radius 1 is 1.15 bits per heavy atom. The SMILES string of the molecule is Cc1ccc(S(=O)(=O)N(C)C)cc1NC(=O)[C@H](C)OC(=O)c1ccc(CN2CCCC2=O)cc1. The quantitative estimate of drug-likeness (QED) is 0.573. The summed E-state index contributed by atoms with van der Waals surface area (Å²) in [5.41, 5.74) is 2.17. The largest absolute Gasteiger partial charge is 0.449 e. The lowest BCUT2D eigenvalue weighted by Gasteiger charge is -2.17. The molecule has 1 aliphatic heterocycles. The summed E-state index contributed by atoms with van der Waals surface area (Å²) < 4.78 is 31.1. The second-order valence-electron chi connectivity index (χ2n) is 8.42. The maximum Gasteiger partial charge on any atom is 0.338 e. The van der Waals surface area contributed by atoms with E-state index in [2.05, 4.69) is 5.32 Å². The number of benzene rings is 2. The molecule has 9 nitrogen and oxygen atoms in total. The second-order valence-corrected chi connectivity index (χ2v) is 10.6. The lowest BCUT2D eigenvalue weighted by molar-refractivity contribution is -0.128. The van der Waals surface area contributed by atoms with Gasteiger partial charge >= 0.3 is 5.97 Å². The van der Waals surface area contributed by atoms with Gasteiger partial charge in [0, 0.05) is 39.3 Å². The number of rotatable bonds is 8. The van der Waals surface area contributed by atoms with Gasteiger partial charge in [-0.2, -0.15) is 0 Å². The van der Waals surface area contributed by atoms with E-state index in [0.717, 1.165) is 22.8 Å². The zero-order valence-electron chi connectivity index (χ0n) is 19.7. The van der Waals surface area contributed by atoms with Gasteiger partial charge in [-0.3, -0.25) is 9.59 Å². The van der Waals surface area contributed by atoms with Gasteiger partial charge in [-0.25, -0.2) is 17.5 Å². The standard InChI is InChI=1S/C24H29N3O6S/c1-16-7-12-20(34(31,32)26(3)4)14-21(16)25-23(29)17(2)33-24(30)19-10-8-18(9-11-19)15-27-13-5-6-22(27)28/h7-12,14,17H,5-6,13,15H2,1-4H3,(H,25,29)/t17-/m0/s1. The normalized spacial score (nSPS) is 14.9. The third-order valence-corrected chi connectivity index (χ3v) is 7.44. The van der Waals surface area contributed by atoms with Crippen molar-refractivity contribution in [2.45, 2.75) is 44.2 Å². The van der Waals surface area contributed by atoms with Gasteiger partial charge in [0.05, 0.1) is 10.5 Å². The number of hydrogen-bond donors (Lipinski definition) is 1. The van der Waals surface area contributed by atoms with E-state index >= 15 is 0 Å². The third-order valence-electron chi connectivity index (χ3n) is 5.63. The number of carbonyl (C=O) groups is 3. The van der Waals surface area contributed by atoms with Crippen LogP contribution < -0.4 is 5.32 Å².